The van der Waals surface area contributed by atoms with Gasteiger partial charge in [-0.2, -0.15) is 0 Å². The number of carbonyl (C=O) groups excluding carboxylic acids is 14. The number of fused-ring (bicyclic) bond motifs is 1. The number of carboxylic acids is 4. The number of benzene rings is 3. The molecule has 4 aromatic rings. The third kappa shape index (κ3) is 38.8. The second-order valence-electron chi connectivity index (χ2n) is 35.8. The molecule has 0 saturated carbocycles. The summed E-state index contributed by atoms with van der Waals surface area (Å²) in [5.74, 6) is -22.0. The van der Waals surface area contributed by atoms with Crippen molar-refractivity contribution >= 4 is 117 Å². The molecule has 0 saturated heterocycles. The minimum absolute atomic E-state index is 0.00172. The average molecular weight is 1890 g/mol. The number of unbranched alkanes of at least 4 members (excludes halogenated alkanes) is 1. The van der Waals surface area contributed by atoms with Gasteiger partial charge in [0.25, 0.3) is 0 Å². The van der Waals surface area contributed by atoms with Crippen LogP contribution in [0, 0.1) is 41.4 Å². The van der Waals surface area contributed by atoms with Crippen LogP contribution in [0.15, 0.2) is 91.1 Å². The number of rotatable bonds is 63. The number of hydrogen-bond donors (Lipinski definition) is 22. The highest BCUT2D eigenvalue weighted by Crippen LogP contribution is 2.23. The first-order chi connectivity index (χ1) is 63.8. The van der Waals surface area contributed by atoms with E-state index in [2.05, 4.69) is 79.4 Å². The van der Waals surface area contributed by atoms with Gasteiger partial charge in [0.05, 0.1) is 12.6 Å². The molecule has 0 fully saturated rings. The Hall–Kier alpha value is -12.5. The molecule has 40 nitrogen and oxygen atoms in total. The Balaban J connectivity index is 1.70. The maximum absolute atomic E-state index is 15.3. The van der Waals surface area contributed by atoms with Crippen LogP contribution in [0.25, 0.3) is 10.9 Å². The SMILES string of the molecule is CCC(C)C(NC(=O)C(N)CCC(=O)O)C(=O)NC(CC(C)C)C(=O)NC(C(=O)NC(Cc1ccccc1)C(=O)NC(Cc1c[nH]c2ccccc12)C(=O)NC(CO)C(=O)NC(CCCCN)C(=O)NC(CCC(=O)O)C(=O)NC(C(=O)NC(Cc1ccccc1)C(=O)NC(C(=O)NC(CC(C)C)C(=O)NC(C(=O)NC(CCC(=O)O)C(=O)O)C(C)CC)C(C)CC)C(C)CC)C(C)CC. The summed E-state index contributed by atoms with van der Waals surface area (Å²) in [5.41, 5.74) is 14.1. The van der Waals surface area contributed by atoms with Crippen LogP contribution < -0.4 is 85.9 Å². The Morgan fingerprint density at radius 1 is 0.319 bits per heavy atom. The third-order valence-corrected chi connectivity index (χ3v) is 24.2. The second-order valence-corrected chi connectivity index (χ2v) is 35.8. The van der Waals surface area contributed by atoms with Crippen molar-refractivity contribution in [2.45, 2.75) is 310 Å². The van der Waals surface area contributed by atoms with Crippen molar-refractivity contribution in [3.63, 3.8) is 0 Å². The summed E-state index contributed by atoms with van der Waals surface area (Å²) in [5, 5.41) is 87.2. The summed E-state index contributed by atoms with van der Waals surface area (Å²) in [6.07, 6.45) is -0.412. The number of aliphatic hydroxyl groups is 1. The number of carbonyl (C=O) groups is 18. The van der Waals surface area contributed by atoms with E-state index in [9.17, 15) is 87.9 Å². The lowest BCUT2D eigenvalue weighted by Crippen LogP contribution is -2.62. The van der Waals surface area contributed by atoms with Gasteiger partial charge in [-0.1, -0.05) is 208 Å². The fourth-order valence-electron chi connectivity index (χ4n) is 14.9. The maximum Gasteiger partial charge on any atom is 0.326 e. The van der Waals surface area contributed by atoms with Gasteiger partial charge < -0.3 is 116 Å². The number of nitrogens with two attached hydrogens (primary N) is 2. The molecule has 14 amide bonds. The van der Waals surface area contributed by atoms with Crippen LogP contribution in [0.2, 0.25) is 0 Å². The Morgan fingerprint density at radius 2 is 0.607 bits per heavy atom. The summed E-state index contributed by atoms with van der Waals surface area (Å²) in [7, 11) is 0. The molecule has 748 valence electrons. The summed E-state index contributed by atoms with van der Waals surface area (Å²) in [4.78, 5) is 255. The number of aliphatic carboxylic acids is 4. The highest BCUT2D eigenvalue weighted by Gasteiger charge is 2.42. The van der Waals surface area contributed by atoms with Crippen molar-refractivity contribution in [3.05, 3.63) is 108 Å². The molecule has 20 atom stereocenters. The molecular formula is C95H145N17O23. The topological polar surface area (TPSA) is 645 Å². The number of aromatic nitrogens is 1. The number of hydrogen-bond acceptors (Lipinski definition) is 21. The second kappa shape index (κ2) is 58.6. The van der Waals surface area contributed by atoms with Crippen molar-refractivity contribution in [1.82, 2.24) is 79.4 Å². The van der Waals surface area contributed by atoms with Gasteiger partial charge in [-0.15, -0.1) is 0 Å². The van der Waals surface area contributed by atoms with Crippen LogP contribution in [0.1, 0.15) is 216 Å². The molecule has 0 spiro atoms. The number of aromatic amines is 1. The van der Waals surface area contributed by atoms with Crippen molar-refractivity contribution in [2.24, 2.45) is 52.9 Å². The van der Waals surface area contributed by atoms with Gasteiger partial charge >= 0.3 is 23.9 Å². The molecule has 0 aliphatic carbocycles. The van der Waals surface area contributed by atoms with Gasteiger partial charge in [-0.05, 0) is 122 Å². The highest BCUT2D eigenvalue weighted by atomic mass is 16.4. The van der Waals surface area contributed by atoms with Crippen LogP contribution in [0.4, 0.5) is 0 Å². The van der Waals surface area contributed by atoms with Gasteiger partial charge in [0.1, 0.15) is 84.6 Å². The predicted molar refractivity (Wildman–Crippen MR) is 502 cm³/mol. The van der Waals surface area contributed by atoms with Crippen LogP contribution >= 0.6 is 0 Å². The lowest BCUT2D eigenvalue weighted by molar-refractivity contribution is -0.144. The molecule has 0 radical (unpaired) electrons. The van der Waals surface area contributed by atoms with E-state index < -0.39 is 266 Å². The molecule has 24 N–H and O–H groups in total. The monoisotopic (exact) mass is 1890 g/mol. The average Bonchev–Trinajstić information content (AvgIpc) is 1.70. The molecule has 0 aliphatic rings. The van der Waals surface area contributed by atoms with Crippen LogP contribution in [0.5, 0.6) is 0 Å². The molecule has 1 heterocycles. The van der Waals surface area contributed by atoms with Crippen molar-refractivity contribution in [1.29, 1.82) is 0 Å². The summed E-state index contributed by atoms with van der Waals surface area (Å²) in [6, 6.07) is 1.46. The Morgan fingerprint density at radius 3 is 0.978 bits per heavy atom. The van der Waals surface area contributed by atoms with Crippen molar-refractivity contribution in [3.8, 4) is 0 Å². The number of H-pyrrole nitrogens is 1. The van der Waals surface area contributed by atoms with Gasteiger partial charge in [-0.25, -0.2) is 4.79 Å². The zero-order valence-electron chi connectivity index (χ0n) is 80.0. The lowest BCUT2D eigenvalue weighted by atomic mass is 9.94. The quantitative estimate of drug-likeness (QED) is 0.0282. The Kier molecular flexibility index (Phi) is 49.9. The zero-order valence-corrected chi connectivity index (χ0v) is 80.0. The molecule has 20 unspecified atom stereocenters. The van der Waals surface area contributed by atoms with Gasteiger partial charge in [-0.3, -0.25) is 81.5 Å². The smallest absolute Gasteiger partial charge is 0.326 e. The van der Waals surface area contributed by atoms with E-state index in [-0.39, 0.29) is 89.0 Å². The van der Waals surface area contributed by atoms with E-state index in [1.807, 2.05) is 0 Å². The largest absolute Gasteiger partial charge is 0.481 e. The number of para-hydroxylation sites is 1. The van der Waals surface area contributed by atoms with Crippen LogP contribution in [-0.2, 0) is 106 Å². The standard InChI is InChI=1S/C95H145N17O23/c1-15-53(10)76(108-81(120)62(97)37-40-73(114)115)91(130)103-67(44-51(6)7)87(126)111-80(57(14)19-5)94(133)105-69(46-58-30-22-20-23-31-58)84(123)102-71(48-60-49-98-63-35-27-26-34-61(60)63)85(124)107-72(50-113)89(128)99-64(36-28-29-43-96)82(121)100-65(38-41-74(116)117)83(122)109-78(55(12)17-3)93(132)106-70(47-59-32-24-21-25-33-59)88(127)112-79(56(13)18-4)92(131)104-68(45-52(8)9)86(125)110-77(54(11)16-2)90(129)101-66(95(134)135)39-42-75(118)119/h20-27,30-35,49,51-57,62,64-72,76-80,98,113H,15-19,28-29,36-48,50,96-97H2,1-14H3,(H,99,128)(H,100,121)(H,101,129)(H,102,123)(H,103,130)(H,104,131)(H,105,133)(H,106,132)(H,107,124)(H,108,120)(H,109,122)(H,110,125)(H,111,126)(H,112,127)(H,114,115)(H,116,117)(H,118,119)(H,134,135). The van der Waals surface area contributed by atoms with E-state index in [1.54, 1.807) is 188 Å². The zero-order chi connectivity index (χ0) is 101. The number of amides is 14. The molecule has 135 heavy (non-hydrogen) atoms. The van der Waals surface area contributed by atoms with E-state index in [1.165, 1.54) is 0 Å². The van der Waals surface area contributed by atoms with E-state index in [0.717, 1.165) is 0 Å². The lowest BCUT2D eigenvalue weighted by Gasteiger charge is -2.31. The van der Waals surface area contributed by atoms with E-state index >= 15 is 24.0 Å². The molecular weight excluding hydrogens is 1750 g/mol. The maximum atomic E-state index is 15.3. The summed E-state index contributed by atoms with van der Waals surface area (Å²) in [6.45, 7) is 23.0. The summed E-state index contributed by atoms with van der Waals surface area (Å²) < 4.78 is 0. The molecule has 4 rings (SSSR count). The van der Waals surface area contributed by atoms with Gasteiger partial charge in [0, 0.05) is 55.6 Å². The summed E-state index contributed by atoms with van der Waals surface area (Å²) >= 11 is 0. The number of nitrogens with one attached hydrogen (secondary N) is 15. The van der Waals surface area contributed by atoms with Crippen LogP contribution in [0.3, 0.4) is 0 Å². The first-order valence-electron chi connectivity index (χ1n) is 46.7. The third-order valence-electron chi connectivity index (χ3n) is 24.2. The highest BCUT2D eigenvalue weighted by molar-refractivity contribution is 6.01. The van der Waals surface area contributed by atoms with E-state index in [0.29, 0.717) is 46.9 Å². The van der Waals surface area contributed by atoms with E-state index in [4.69, 9.17) is 11.5 Å². The first-order valence-corrected chi connectivity index (χ1v) is 46.7. The van der Waals surface area contributed by atoms with Crippen LogP contribution in [-0.4, -0.2) is 241 Å². The normalized spacial score (nSPS) is 15.8. The number of carboxylic acid groups (broad SMARTS) is 4. The molecule has 3 aromatic carbocycles. The van der Waals surface area contributed by atoms with Gasteiger partial charge in [0.2, 0.25) is 82.7 Å². The first kappa shape index (κ1) is 115. The van der Waals surface area contributed by atoms with Gasteiger partial charge in [0.15, 0.2) is 0 Å². The fraction of sp³-hybridized carbons (Fsp3) is 0.600. The van der Waals surface area contributed by atoms with Crippen molar-refractivity contribution in [2.75, 3.05) is 13.2 Å². The molecule has 1 aromatic heterocycles. The molecule has 40 heteroatoms. The minimum Gasteiger partial charge on any atom is -0.481 e. The number of aliphatic hydroxyl groups excluding tert-OH is 1. The minimum atomic E-state index is -1.91. The molecule has 0 bridgehead atoms. The Labute approximate surface area is 788 Å². The van der Waals surface area contributed by atoms with Crippen molar-refractivity contribution < 1.29 is 112 Å². The Bertz CT molecular complexity index is 4590. The fourth-order valence-corrected chi connectivity index (χ4v) is 14.9. The predicted octanol–water partition coefficient (Wildman–Crippen LogP) is 2.43. The molecule has 0 aliphatic heterocycles.